The molecule has 1 aromatic heterocycles. The summed E-state index contributed by atoms with van der Waals surface area (Å²) in [7, 11) is 0. The Labute approximate surface area is 155 Å². The number of nitrogens with one attached hydrogen (secondary N) is 2. The number of pyridine rings is 1. The molecule has 1 aliphatic rings. The predicted molar refractivity (Wildman–Crippen MR) is 99.2 cm³/mol. The molecule has 27 heavy (non-hydrogen) atoms. The van der Waals surface area contributed by atoms with Crippen molar-refractivity contribution in [3.63, 3.8) is 0 Å². The van der Waals surface area contributed by atoms with Gasteiger partial charge in [0.05, 0.1) is 5.56 Å². The fourth-order valence-electron chi connectivity index (χ4n) is 2.62. The van der Waals surface area contributed by atoms with Crippen molar-refractivity contribution in [2.45, 2.75) is 0 Å². The summed E-state index contributed by atoms with van der Waals surface area (Å²) in [6.07, 6.45) is 3.09. The zero-order valence-electron chi connectivity index (χ0n) is 14.1. The van der Waals surface area contributed by atoms with Gasteiger partial charge in [0.1, 0.15) is 0 Å². The molecule has 0 saturated carbocycles. The van der Waals surface area contributed by atoms with E-state index in [4.69, 9.17) is 9.47 Å². The average Bonchev–Trinajstić information content (AvgIpc) is 3.16. The molecule has 0 saturated heterocycles. The third-order valence-corrected chi connectivity index (χ3v) is 3.94. The highest BCUT2D eigenvalue weighted by molar-refractivity contribution is 6.06. The highest BCUT2D eigenvalue weighted by Gasteiger charge is 2.16. The minimum absolute atomic E-state index is 0.152. The first-order chi connectivity index (χ1) is 13.2. The molecule has 0 fully saturated rings. The molecular formula is C20H15N3O4. The number of aromatic nitrogens is 1. The van der Waals surface area contributed by atoms with Crippen LogP contribution in [0, 0.1) is 0 Å². The van der Waals surface area contributed by atoms with Crippen molar-refractivity contribution in [2.24, 2.45) is 0 Å². The van der Waals surface area contributed by atoms with Crippen LogP contribution >= 0.6 is 0 Å². The third-order valence-electron chi connectivity index (χ3n) is 3.94. The number of nitrogens with zero attached hydrogens (tertiary/aromatic N) is 1. The molecule has 0 radical (unpaired) electrons. The van der Waals surface area contributed by atoms with Gasteiger partial charge in [-0.3, -0.25) is 14.6 Å². The number of rotatable bonds is 4. The molecule has 0 atom stereocenters. The van der Waals surface area contributed by atoms with Crippen molar-refractivity contribution in [3.8, 4) is 11.5 Å². The van der Waals surface area contributed by atoms with Gasteiger partial charge in [0.25, 0.3) is 11.8 Å². The first-order valence-corrected chi connectivity index (χ1v) is 8.21. The van der Waals surface area contributed by atoms with E-state index in [1.54, 1.807) is 60.8 Å². The molecule has 0 aliphatic carbocycles. The first-order valence-electron chi connectivity index (χ1n) is 8.21. The van der Waals surface area contributed by atoms with Crippen LogP contribution in [0.5, 0.6) is 11.5 Å². The highest BCUT2D eigenvalue weighted by atomic mass is 16.7. The van der Waals surface area contributed by atoms with Crippen LogP contribution in [0.15, 0.2) is 67.0 Å². The van der Waals surface area contributed by atoms with Crippen LogP contribution in [0.3, 0.4) is 0 Å². The van der Waals surface area contributed by atoms with E-state index in [1.807, 2.05) is 0 Å². The molecule has 7 nitrogen and oxygen atoms in total. The second-order valence-corrected chi connectivity index (χ2v) is 5.80. The Morgan fingerprint density at radius 3 is 2.30 bits per heavy atom. The second-order valence-electron chi connectivity index (χ2n) is 5.80. The summed E-state index contributed by atoms with van der Waals surface area (Å²) in [6, 6.07) is 15.3. The van der Waals surface area contributed by atoms with Crippen LogP contribution in [-0.2, 0) is 0 Å². The number of anilines is 2. The summed E-state index contributed by atoms with van der Waals surface area (Å²) in [6.45, 7) is 0.152. The molecular weight excluding hydrogens is 346 g/mol. The first kappa shape index (κ1) is 16.6. The van der Waals surface area contributed by atoms with Gasteiger partial charge in [0.15, 0.2) is 11.5 Å². The highest BCUT2D eigenvalue weighted by Crippen LogP contribution is 2.32. The van der Waals surface area contributed by atoms with Crippen molar-refractivity contribution in [2.75, 3.05) is 17.4 Å². The zero-order valence-corrected chi connectivity index (χ0v) is 14.1. The van der Waals surface area contributed by atoms with Crippen molar-refractivity contribution < 1.29 is 19.1 Å². The van der Waals surface area contributed by atoms with Gasteiger partial charge < -0.3 is 20.1 Å². The van der Waals surface area contributed by atoms with Gasteiger partial charge >= 0.3 is 0 Å². The molecule has 0 unspecified atom stereocenters. The summed E-state index contributed by atoms with van der Waals surface area (Å²) in [5.74, 6) is 0.596. The smallest absolute Gasteiger partial charge is 0.257 e. The minimum Gasteiger partial charge on any atom is -0.454 e. The fraction of sp³-hybridized carbons (Fsp3) is 0.0500. The zero-order chi connectivity index (χ0) is 18.6. The monoisotopic (exact) mass is 361 g/mol. The van der Waals surface area contributed by atoms with Crippen molar-refractivity contribution >= 4 is 23.2 Å². The maximum absolute atomic E-state index is 12.5. The van der Waals surface area contributed by atoms with Crippen LogP contribution < -0.4 is 20.1 Å². The van der Waals surface area contributed by atoms with Crippen molar-refractivity contribution in [1.82, 2.24) is 4.98 Å². The van der Waals surface area contributed by atoms with Gasteiger partial charge in [-0.25, -0.2) is 0 Å². The molecule has 0 spiro atoms. The van der Waals surface area contributed by atoms with E-state index in [0.717, 1.165) is 0 Å². The Balaban J connectivity index is 1.46. The summed E-state index contributed by atoms with van der Waals surface area (Å²) < 4.78 is 10.5. The second kappa shape index (κ2) is 7.17. The maximum atomic E-state index is 12.5. The lowest BCUT2D eigenvalue weighted by Crippen LogP contribution is -2.14. The summed E-state index contributed by atoms with van der Waals surface area (Å²) >= 11 is 0. The Bertz CT molecular complexity index is 1010. The van der Waals surface area contributed by atoms with Crippen LogP contribution in [-0.4, -0.2) is 23.6 Å². The SMILES string of the molecule is O=C(Nc1cccc(NC(=O)c2ccc3c(c2)OCO3)c1)c1cccnc1. The van der Waals surface area contributed by atoms with Crippen LogP contribution in [0.1, 0.15) is 20.7 Å². The molecule has 134 valence electrons. The lowest BCUT2D eigenvalue weighted by molar-refractivity contribution is 0.101. The van der Waals surface area contributed by atoms with E-state index in [-0.39, 0.29) is 18.6 Å². The molecule has 3 aromatic rings. The van der Waals surface area contributed by atoms with Gasteiger partial charge in [0.2, 0.25) is 6.79 Å². The minimum atomic E-state index is -0.288. The quantitative estimate of drug-likeness (QED) is 0.744. The van der Waals surface area contributed by atoms with E-state index in [9.17, 15) is 9.59 Å². The number of benzene rings is 2. The number of hydrogen-bond donors (Lipinski definition) is 2. The number of carbonyl (C=O) groups excluding carboxylic acids is 2. The number of amides is 2. The van der Waals surface area contributed by atoms with E-state index in [1.165, 1.54) is 6.20 Å². The number of ether oxygens (including phenoxy) is 2. The topological polar surface area (TPSA) is 89.6 Å². The predicted octanol–water partition coefficient (Wildman–Crippen LogP) is 3.31. The fourth-order valence-corrected chi connectivity index (χ4v) is 2.62. The van der Waals surface area contributed by atoms with Gasteiger partial charge in [0, 0.05) is 29.3 Å². The van der Waals surface area contributed by atoms with Crippen molar-refractivity contribution in [1.29, 1.82) is 0 Å². The van der Waals surface area contributed by atoms with Crippen molar-refractivity contribution in [3.05, 3.63) is 78.1 Å². The van der Waals surface area contributed by atoms with E-state index in [0.29, 0.717) is 34.0 Å². The van der Waals surface area contributed by atoms with Gasteiger partial charge in [-0.05, 0) is 48.5 Å². The Kier molecular flexibility index (Phi) is 4.40. The van der Waals surface area contributed by atoms with E-state index < -0.39 is 0 Å². The molecule has 2 N–H and O–H groups in total. The van der Waals surface area contributed by atoms with E-state index in [2.05, 4.69) is 15.6 Å². The summed E-state index contributed by atoms with van der Waals surface area (Å²) in [5, 5.41) is 5.58. The Hall–Kier alpha value is -3.87. The van der Waals surface area contributed by atoms with E-state index >= 15 is 0 Å². The molecule has 4 rings (SSSR count). The van der Waals surface area contributed by atoms with Gasteiger partial charge in [-0.2, -0.15) is 0 Å². The summed E-state index contributed by atoms with van der Waals surface area (Å²) in [5.41, 5.74) is 2.02. The largest absolute Gasteiger partial charge is 0.454 e. The molecule has 2 heterocycles. The third kappa shape index (κ3) is 3.72. The molecule has 2 amide bonds. The lowest BCUT2D eigenvalue weighted by Gasteiger charge is -2.09. The molecule has 1 aliphatic heterocycles. The van der Waals surface area contributed by atoms with Gasteiger partial charge in [-0.15, -0.1) is 0 Å². The number of hydrogen-bond acceptors (Lipinski definition) is 5. The Morgan fingerprint density at radius 1 is 0.815 bits per heavy atom. The summed E-state index contributed by atoms with van der Waals surface area (Å²) in [4.78, 5) is 28.6. The molecule has 2 aromatic carbocycles. The maximum Gasteiger partial charge on any atom is 0.257 e. The van der Waals surface area contributed by atoms with Crippen LogP contribution in [0.25, 0.3) is 0 Å². The molecule has 0 bridgehead atoms. The van der Waals surface area contributed by atoms with Crippen LogP contribution in [0.4, 0.5) is 11.4 Å². The van der Waals surface area contributed by atoms with Crippen LogP contribution in [0.2, 0.25) is 0 Å². The molecule has 7 heteroatoms. The average molecular weight is 361 g/mol. The van der Waals surface area contributed by atoms with Gasteiger partial charge in [-0.1, -0.05) is 6.07 Å². The Morgan fingerprint density at radius 2 is 1.56 bits per heavy atom. The standard InChI is InChI=1S/C20H15N3O4/c24-19(13-6-7-17-18(9-13)27-12-26-17)22-15-4-1-5-16(10-15)23-20(25)14-3-2-8-21-11-14/h1-11H,12H2,(H,22,24)(H,23,25). The number of carbonyl (C=O) groups is 2. The normalized spacial score (nSPS) is 11.7. The lowest BCUT2D eigenvalue weighted by atomic mass is 10.2. The number of fused-ring (bicyclic) bond motifs is 1.